The van der Waals surface area contributed by atoms with Crippen LogP contribution in [0.15, 0.2) is 24.3 Å². The maximum Gasteiger partial charge on any atom is 0.305 e. The minimum Gasteiger partial charge on any atom is -0.466 e. The third kappa shape index (κ3) is 7.28. The van der Waals surface area contributed by atoms with Crippen molar-refractivity contribution in [2.24, 2.45) is 0 Å². The molecule has 3 heteroatoms. The van der Waals surface area contributed by atoms with Crippen molar-refractivity contribution in [2.75, 3.05) is 6.61 Å². The number of benzene rings is 1. The number of ether oxygens (including phenoxy) is 1. The fraction of sp³-hybridized carbons (Fsp3) is 0.533. The standard InChI is InChI=1S/C15H23O2Si/c1-18(2,3)13-12-17-15(16)11-7-10-14-8-5-4-6-9-14/h5-6,8-9H,7,10-13H2,1-3H3. The predicted octanol–water partition coefficient (Wildman–Crippen LogP) is 3.69. The van der Waals surface area contributed by atoms with Crippen LogP contribution in [0.1, 0.15) is 18.4 Å². The zero-order chi connectivity index (χ0) is 13.4. The van der Waals surface area contributed by atoms with E-state index in [1.807, 2.05) is 24.3 Å². The molecule has 0 fully saturated rings. The summed E-state index contributed by atoms with van der Waals surface area (Å²) in [7, 11) is -1.09. The summed E-state index contributed by atoms with van der Waals surface area (Å²) in [6.07, 6.45) is 2.30. The van der Waals surface area contributed by atoms with Gasteiger partial charge in [-0.05, 0) is 30.5 Å². The number of carbonyl (C=O) groups is 1. The van der Waals surface area contributed by atoms with Gasteiger partial charge >= 0.3 is 5.97 Å². The zero-order valence-electron chi connectivity index (χ0n) is 11.7. The van der Waals surface area contributed by atoms with Gasteiger partial charge in [-0.15, -0.1) is 0 Å². The van der Waals surface area contributed by atoms with Crippen molar-refractivity contribution in [1.82, 2.24) is 0 Å². The molecule has 1 radical (unpaired) electrons. The maximum atomic E-state index is 11.5. The van der Waals surface area contributed by atoms with Crippen molar-refractivity contribution in [1.29, 1.82) is 0 Å². The average molecular weight is 263 g/mol. The largest absolute Gasteiger partial charge is 0.466 e. The number of hydrogen-bond donors (Lipinski definition) is 0. The normalized spacial score (nSPS) is 11.3. The molecule has 0 atom stereocenters. The summed E-state index contributed by atoms with van der Waals surface area (Å²) in [6.45, 7) is 7.45. The lowest BCUT2D eigenvalue weighted by molar-refractivity contribution is -0.143. The van der Waals surface area contributed by atoms with Crippen molar-refractivity contribution in [3.8, 4) is 0 Å². The first-order valence-corrected chi connectivity index (χ1v) is 10.3. The molecule has 2 nitrogen and oxygen atoms in total. The van der Waals surface area contributed by atoms with Gasteiger partial charge in [-0.25, -0.2) is 0 Å². The van der Waals surface area contributed by atoms with Crippen LogP contribution in [0.3, 0.4) is 0 Å². The number of rotatable bonds is 7. The van der Waals surface area contributed by atoms with Crippen LogP contribution in [-0.4, -0.2) is 20.7 Å². The predicted molar refractivity (Wildman–Crippen MR) is 77.3 cm³/mol. The summed E-state index contributed by atoms with van der Waals surface area (Å²) in [4.78, 5) is 11.5. The molecule has 0 spiro atoms. The average Bonchev–Trinajstić information content (AvgIpc) is 2.28. The highest BCUT2D eigenvalue weighted by Gasteiger charge is 2.13. The number of esters is 1. The van der Waals surface area contributed by atoms with Gasteiger partial charge in [0.25, 0.3) is 0 Å². The van der Waals surface area contributed by atoms with Crippen LogP contribution < -0.4 is 0 Å². The molecule has 1 aromatic carbocycles. The van der Waals surface area contributed by atoms with Crippen LogP contribution in [0.2, 0.25) is 25.7 Å². The maximum absolute atomic E-state index is 11.5. The first-order chi connectivity index (χ1) is 8.47. The molecular weight excluding hydrogens is 240 g/mol. The van der Waals surface area contributed by atoms with Crippen molar-refractivity contribution in [3.63, 3.8) is 0 Å². The number of hydrogen-bond acceptors (Lipinski definition) is 2. The molecule has 0 heterocycles. The van der Waals surface area contributed by atoms with Gasteiger partial charge in [-0.1, -0.05) is 43.9 Å². The van der Waals surface area contributed by atoms with Gasteiger partial charge in [0, 0.05) is 14.5 Å². The van der Waals surface area contributed by atoms with Crippen LogP contribution >= 0.6 is 0 Å². The highest BCUT2D eigenvalue weighted by atomic mass is 28.3. The molecule has 1 aromatic rings. The quantitative estimate of drug-likeness (QED) is 0.554. The molecule has 18 heavy (non-hydrogen) atoms. The van der Waals surface area contributed by atoms with E-state index in [1.165, 1.54) is 5.56 Å². The topological polar surface area (TPSA) is 26.3 Å². The molecule has 0 unspecified atom stereocenters. The van der Waals surface area contributed by atoms with Gasteiger partial charge in [0.1, 0.15) is 0 Å². The van der Waals surface area contributed by atoms with E-state index in [1.54, 1.807) is 0 Å². The van der Waals surface area contributed by atoms with Crippen molar-refractivity contribution >= 4 is 14.0 Å². The second-order valence-corrected chi connectivity index (χ2v) is 11.4. The fourth-order valence-corrected chi connectivity index (χ4v) is 2.28. The molecular formula is C15H23O2Si. The Hall–Kier alpha value is -1.09. The first kappa shape index (κ1) is 15.0. The molecule has 0 aliphatic rings. The third-order valence-electron chi connectivity index (χ3n) is 2.75. The molecule has 99 valence electrons. The highest BCUT2D eigenvalue weighted by Crippen LogP contribution is 2.09. The summed E-state index contributed by atoms with van der Waals surface area (Å²) in [5, 5.41) is 0. The van der Waals surface area contributed by atoms with Gasteiger partial charge in [-0.3, -0.25) is 4.79 Å². The third-order valence-corrected chi connectivity index (χ3v) is 4.45. The minimum atomic E-state index is -1.09. The van der Waals surface area contributed by atoms with Gasteiger partial charge in [-0.2, -0.15) is 0 Å². The van der Waals surface area contributed by atoms with Gasteiger partial charge in [0.05, 0.1) is 6.61 Å². The van der Waals surface area contributed by atoms with E-state index in [4.69, 9.17) is 4.74 Å². The fourth-order valence-electron chi connectivity index (χ4n) is 1.57. The Morgan fingerprint density at radius 1 is 1.28 bits per heavy atom. The lowest BCUT2D eigenvalue weighted by Crippen LogP contribution is -2.22. The van der Waals surface area contributed by atoms with Crippen LogP contribution in [0.5, 0.6) is 0 Å². The van der Waals surface area contributed by atoms with Crippen molar-refractivity contribution < 1.29 is 9.53 Å². The number of carbonyl (C=O) groups excluding carboxylic acids is 1. The lowest BCUT2D eigenvalue weighted by Gasteiger charge is -2.15. The Labute approximate surface area is 111 Å². The summed E-state index contributed by atoms with van der Waals surface area (Å²) >= 11 is 0. The lowest BCUT2D eigenvalue weighted by atomic mass is 10.1. The molecule has 0 saturated carbocycles. The molecule has 1 rings (SSSR count). The van der Waals surface area contributed by atoms with Crippen molar-refractivity contribution in [3.05, 3.63) is 35.9 Å². The van der Waals surface area contributed by atoms with E-state index in [-0.39, 0.29) is 5.97 Å². The molecule has 0 aliphatic heterocycles. The zero-order valence-corrected chi connectivity index (χ0v) is 12.7. The van der Waals surface area contributed by atoms with E-state index in [0.29, 0.717) is 13.0 Å². The van der Waals surface area contributed by atoms with E-state index in [0.717, 1.165) is 18.9 Å². The Balaban J connectivity index is 2.11. The SMILES string of the molecule is C[Si](C)(C)CCOC(=O)CCCc1cc[c]cc1. The molecule has 0 amide bonds. The second-order valence-electron chi connectivity index (χ2n) is 5.79. The minimum absolute atomic E-state index is 0.0595. The van der Waals surface area contributed by atoms with Gasteiger partial charge in [0.15, 0.2) is 0 Å². The summed E-state index contributed by atoms with van der Waals surface area (Å²) in [5.74, 6) is -0.0595. The van der Waals surface area contributed by atoms with Crippen LogP contribution in [0.25, 0.3) is 0 Å². The monoisotopic (exact) mass is 263 g/mol. The van der Waals surface area contributed by atoms with E-state index >= 15 is 0 Å². The molecule has 0 bridgehead atoms. The summed E-state index contributed by atoms with van der Waals surface area (Å²) in [5.41, 5.74) is 1.25. The highest BCUT2D eigenvalue weighted by molar-refractivity contribution is 6.76. The molecule has 0 saturated heterocycles. The molecule has 0 aromatic heterocycles. The van der Waals surface area contributed by atoms with Crippen LogP contribution in [0.4, 0.5) is 0 Å². The van der Waals surface area contributed by atoms with E-state index in [9.17, 15) is 4.79 Å². The summed E-state index contributed by atoms with van der Waals surface area (Å²) in [6, 6.07) is 11.9. The van der Waals surface area contributed by atoms with Crippen LogP contribution in [-0.2, 0) is 16.0 Å². The van der Waals surface area contributed by atoms with Gasteiger partial charge in [0.2, 0.25) is 0 Å². The summed E-state index contributed by atoms with van der Waals surface area (Å²) < 4.78 is 5.25. The van der Waals surface area contributed by atoms with Crippen LogP contribution in [0, 0.1) is 6.07 Å². The second kappa shape index (κ2) is 7.37. The van der Waals surface area contributed by atoms with E-state index in [2.05, 4.69) is 25.7 Å². The Morgan fingerprint density at radius 2 is 1.94 bits per heavy atom. The van der Waals surface area contributed by atoms with E-state index < -0.39 is 8.07 Å². The Kier molecular flexibility index (Phi) is 6.12. The molecule has 0 aliphatic carbocycles. The van der Waals surface area contributed by atoms with Crippen molar-refractivity contribution in [2.45, 2.75) is 44.9 Å². The molecule has 0 N–H and O–H groups in total. The Morgan fingerprint density at radius 3 is 2.56 bits per heavy atom. The first-order valence-electron chi connectivity index (χ1n) is 6.58. The Bertz CT molecular complexity index is 355. The van der Waals surface area contributed by atoms with Gasteiger partial charge < -0.3 is 4.74 Å². The smallest absolute Gasteiger partial charge is 0.305 e. The number of aryl methyl sites for hydroxylation is 1.